The third-order valence-electron chi connectivity index (χ3n) is 2.86. The van der Waals surface area contributed by atoms with Crippen molar-refractivity contribution in [3.8, 4) is 0 Å². The second kappa shape index (κ2) is 5.61. The van der Waals surface area contributed by atoms with E-state index in [-0.39, 0.29) is 37.4 Å². The van der Waals surface area contributed by atoms with Gasteiger partial charge >= 0.3 is 0 Å². The van der Waals surface area contributed by atoms with Crippen molar-refractivity contribution in [2.45, 2.75) is 37.9 Å². The van der Waals surface area contributed by atoms with Gasteiger partial charge in [-0.1, -0.05) is 0 Å². The Morgan fingerprint density at radius 1 is 0.786 bits per heavy atom. The van der Waals surface area contributed by atoms with E-state index in [0.29, 0.717) is 25.7 Å². The van der Waals surface area contributed by atoms with Gasteiger partial charge in [0.05, 0.1) is 25.6 Å². The number of alkyl halides is 2. The van der Waals surface area contributed by atoms with Crippen molar-refractivity contribution >= 4 is 0 Å². The lowest BCUT2D eigenvalue weighted by Crippen LogP contribution is -2.29. The lowest BCUT2D eigenvalue weighted by molar-refractivity contribution is 0.0313. The zero-order valence-corrected chi connectivity index (χ0v) is 8.20. The summed E-state index contributed by atoms with van der Waals surface area (Å²) in [4.78, 5) is 0. The predicted molar refractivity (Wildman–Crippen MR) is 49.4 cm³/mol. The van der Waals surface area contributed by atoms with Crippen LogP contribution in [0.2, 0.25) is 0 Å². The Balaban J connectivity index is 0.000000140. The smallest absolute Gasteiger partial charge is 0.0924 e. The van der Waals surface area contributed by atoms with Crippen LogP contribution in [0.4, 0.5) is 8.78 Å². The molecule has 0 heterocycles. The van der Waals surface area contributed by atoms with E-state index < -0.39 is 0 Å². The molecule has 0 atom stereocenters. The lowest BCUT2D eigenvalue weighted by Gasteiger charge is -2.28. The SMILES string of the molecule is OC1CC(CF)C1.OC1CC(CF)C1. The van der Waals surface area contributed by atoms with Gasteiger partial charge in [-0.05, 0) is 37.5 Å². The number of aliphatic hydroxyl groups excluding tert-OH is 2. The van der Waals surface area contributed by atoms with Gasteiger partial charge in [0, 0.05) is 0 Å². The van der Waals surface area contributed by atoms with Gasteiger partial charge in [0.2, 0.25) is 0 Å². The summed E-state index contributed by atoms with van der Waals surface area (Å²) in [6, 6.07) is 0. The quantitative estimate of drug-likeness (QED) is 0.721. The molecule has 0 aliphatic heterocycles. The Hall–Kier alpha value is -0.220. The molecule has 0 radical (unpaired) electrons. The largest absolute Gasteiger partial charge is 0.393 e. The minimum Gasteiger partial charge on any atom is -0.393 e. The highest BCUT2D eigenvalue weighted by molar-refractivity contribution is 4.77. The molecule has 2 fully saturated rings. The van der Waals surface area contributed by atoms with E-state index in [4.69, 9.17) is 10.2 Å². The average Bonchev–Trinajstić information content (AvgIpc) is 2.08. The zero-order chi connectivity index (χ0) is 10.6. The van der Waals surface area contributed by atoms with Crippen molar-refractivity contribution < 1.29 is 19.0 Å². The molecule has 0 aromatic rings. The van der Waals surface area contributed by atoms with Crippen LogP contribution in [0.25, 0.3) is 0 Å². The van der Waals surface area contributed by atoms with Crippen molar-refractivity contribution in [2.75, 3.05) is 13.3 Å². The topological polar surface area (TPSA) is 40.5 Å². The molecule has 0 spiro atoms. The van der Waals surface area contributed by atoms with Gasteiger partial charge in [-0.2, -0.15) is 0 Å². The summed E-state index contributed by atoms with van der Waals surface area (Å²) in [7, 11) is 0. The van der Waals surface area contributed by atoms with Crippen LogP contribution in [0.3, 0.4) is 0 Å². The van der Waals surface area contributed by atoms with Crippen LogP contribution in [0.5, 0.6) is 0 Å². The Morgan fingerprint density at radius 2 is 1.07 bits per heavy atom. The molecule has 2 rings (SSSR count). The summed E-state index contributed by atoms with van der Waals surface area (Å²) in [5.41, 5.74) is 0. The van der Waals surface area contributed by atoms with Crippen LogP contribution in [-0.4, -0.2) is 35.8 Å². The first kappa shape index (κ1) is 11.9. The maximum atomic E-state index is 11.5. The highest BCUT2D eigenvalue weighted by atomic mass is 19.1. The fourth-order valence-electron chi connectivity index (χ4n) is 1.65. The molecule has 4 heteroatoms. The molecule has 2 aliphatic carbocycles. The number of hydrogen-bond acceptors (Lipinski definition) is 2. The summed E-state index contributed by atoms with van der Waals surface area (Å²) in [6.07, 6.45) is 2.32. The predicted octanol–water partition coefficient (Wildman–Crippen LogP) is 1.45. The standard InChI is InChI=1S/2C5H9FO/c2*6-3-4-1-5(7)2-4/h2*4-5,7H,1-3H2. The van der Waals surface area contributed by atoms with Crippen molar-refractivity contribution in [3.05, 3.63) is 0 Å². The van der Waals surface area contributed by atoms with Gasteiger partial charge < -0.3 is 10.2 Å². The van der Waals surface area contributed by atoms with Crippen LogP contribution in [-0.2, 0) is 0 Å². The summed E-state index contributed by atoms with van der Waals surface area (Å²) in [5.74, 6) is 0.352. The number of halogens is 2. The first-order valence-electron chi connectivity index (χ1n) is 5.13. The number of rotatable bonds is 2. The van der Waals surface area contributed by atoms with Crippen molar-refractivity contribution in [2.24, 2.45) is 11.8 Å². The van der Waals surface area contributed by atoms with E-state index in [0.717, 1.165) is 0 Å². The van der Waals surface area contributed by atoms with Gasteiger partial charge in [-0.25, -0.2) is 0 Å². The summed E-state index contributed by atoms with van der Waals surface area (Å²) < 4.78 is 23.0. The fourth-order valence-corrected chi connectivity index (χ4v) is 1.65. The van der Waals surface area contributed by atoms with Crippen LogP contribution in [0.15, 0.2) is 0 Å². The molecule has 0 aromatic heterocycles. The average molecular weight is 208 g/mol. The van der Waals surface area contributed by atoms with Crippen molar-refractivity contribution in [3.63, 3.8) is 0 Å². The maximum absolute atomic E-state index is 11.5. The molecule has 2 aliphatic rings. The Bertz CT molecular complexity index is 136. The molecule has 2 saturated carbocycles. The minimum absolute atomic E-state index is 0.176. The Labute approximate surface area is 82.9 Å². The highest BCUT2D eigenvalue weighted by Gasteiger charge is 2.26. The summed E-state index contributed by atoms with van der Waals surface area (Å²) in [5, 5.41) is 17.2. The van der Waals surface area contributed by atoms with Crippen LogP contribution >= 0.6 is 0 Å². The summed E-state index contributed by atoms with van der Waals surface area (Å²) >= 11 is 0. The third kappa shape index (κ3) is 3.50. The molecule has 14 heavy (non-hydrogen) atoms. The van der Waals surface area contributed by atoms with Crippen LogP contribution in [0.1, 0.15) is 25.7 Å². The van der Waals surface area contributed by atoms with E-state index in [9.17, 15) is 8.78 Å². The normalized spacial score (nSPS) is 40.3. The van der Waals surface area contributed by atoms with E-state index >= 15 is 0 Å². The Kier molecular flexibility index (Phi) is 4.75. The second-order valence-electron chi connectivity index (χ2n) is 4.29. The van der Waals surface area contributed by atoms with E-state index in [1.807, 2.05) is 0 Å². The molecular weight excluding hydrogens is 190 g/mol. The molecule has 0 bridgehead atoms. The first-order valence-corrected chi connectivity index (χ1v) is 5.13. The van der Waals surface area contributed by atoms with E-state index in [1.165, 1.54) is 0 Å². The van der Waals surface area contributed by atoms with Crippen molar-refractivity contribution in [1.29, 1.82) is 0 Å². The molecule has 2 N–H and O–H groups in total. The Morgan fingerprint density at radius 3 is 1.14 bits per heavy atom. The fraction of sp³-hybridized carbons (Fsp3) is 1.00. The monoisotopic (exact) mass is 208 g/mol. The minimum atomic E-state index is -0.253. The van der Waals surface area contributed by atoms with Gasteiger partial charge in [-0.15, -0.1) is 0 Å². The van der Waals surface area contributed by atoms with Gasteiger partial charge in [0.25, 0.3) is 0 Å². The zero-order valence-electron chi connectivity index (χ0n) is 8.20. The molecule has 84 valence electrons. The maximum Gasteiger partial charge on any atom is 0.0924 e. The number of hydrogen-bond donors (Lipinski definition) is 2. The van der Waals surface area contributed by atoms with Crippen molar-refractivity contribution in [1.82, 2.24) is 0 Å². The van der Waals surface area contributed by atoms with Gasteiger partial charge in [-0.3, -0.25) is 8.78 Å². The van der Waals surface area contributed by atoms with Crippen LogP contribution < -0.4 is 0 Å². The van der Waals surface area contributed by atoms with Gasteiger partial charge in [0.15, 0.2) is 0 Å². The molecule has 0 amide bonds. The highest BCUT2D eigenvalue weighted by Crippen LogP contribution is 2.27. The summed E-state index contributed by atoms with van der Waals surface area (Å²) in [6.45, 7) is -0.506. The van der Waals surface area contributed by atoms with E-state index in [2.05, 4.69) is 0 Å². The molecular formula is C10H18F2O2. The van der Waals surface area contributed by atoms with Crippen LogP contribution in [0, 0.1) is 11.8 Å². The molecule has 2 nitrogen and oxygen atoms in total. The third-order valence-corrected chi connectivity index (χ3v) is 2.86. The second-order valence-corrected chi connectivity index (χ2v) is 4.29. The molecule has 0 saturated heterocycles. The van der Waals surface area contributed by atoms with E-state index in [1.54, 1.807) is 0 Å². The molecule has 0 aromatic carbocycles. The van der Waals surface area contributed by atoms with Gasteiger partial charge in [0.1, 0.15) is 0 Å². The first-order chi connectivity index (χ1) is 6.65. The lowest BCUT2D eigenvalue weighted by atomic mass is 9.84. The number of aliphatic hydroxyl groups is 2. The molecule has 0 unspecified atom stereocenters.